The molecule has 104 valence electrons. The quantitative estimate of drug-likeness (QED) is 0.828. The van der Waals surface area contributed by atoms with Crippen LogP contribution in [0.4, 0.5) is 13.2 Å². The predicted molar refractivity (Wildman–Crippen MR) is 76.4 cm³/mol. The van der Waals surface area contributed by atoms with Crippen molar-refractivity contribution in [2.75, 3.05) is 0 Å². The van der Waals surface area contributed by atoms with Gasteiger partial charge in [-0.05, 0) is 40.2 Å². The second-order valence-corrected chi connectivity index (χ2v) is 5.01. The Morgan fingerprint density at radius 1 is 1.10 bits per heavy atom. The molecule has 2 nitrogen and oxygen atoms in total. The molecule has 2 aromatic rings. The molecular weight excluding hydrogens is 355 g/mol. The third-order valence-electron chi connectivity index (χ3n) is 2.43. The lowest BCUT2D eigenvalue weighted by Crippen LogP contribution is -2.11. The SMILES string of the molecule is NC(=S)c1ccc(Oc2cc(F)ccc2F)c(F)c1Br. The Labute approximate surface area is 126 Å². The summed E-state index contributed by atoms with van der Waals surface area (Å²) in [6.45, 7) is 0. The Hall–Kier alpha value is -1.60. The molecule has 20 heavy (non-hydrogen) atoms. The molecule has 0 aromatic heterocycles. The maximum atomic E-state index is 14.0. The van der Waals surface area contributed by atoms with Crippen molar-refractivity contribution in [1.29, 1.82) is 0 Å². The highest BCUT2D eigenvalue weighted by Gasteiger charge is 2.16. The van der Waals surface area contributed by atoms with Gasteiger partial charge in [0.15, 0.2) is 23.1 Å². The van der Waals surface area contributed by atoms with Crippen LogP contribution in [0.3, 0.4) is 0 Å². The number of ether oxygens (including phenoxy) is 1. The molecule has 0 saturated heterocycles. The second-order valence-electron chi connectivity index (χ2n) is 3.78. The van der Waals surface area contributed by atoms with E-state index in [0.717, 1.165) is 18.2 Å². The minimum absolute atomic E-state index is 0.000638. The second kappa shape index (κ2) is 5.80. The van der Waals surface area contributed by atoms with Crippen LogP contribution in [0.1, 0.15) is 5.56 Å². The molecule has 0 fully saturated rings. The maximum Gasteiger partial charge on any atom is 0.180 e. The van der Waals surface area contributed by atoms with Gasteiger partial charge in [0.05, 0.1) is 4.47 Å². The zero-order chi connectivity index (χ0) is 14.9. The number of hydrogen-bond donors (Lipinski definition) is 1. The Morgan fingerprint density at radius 3 is 2.45 bits per heavy atom. The van der Waals surface area contributed by atoms with Gasteiger partial charge in [-0.25, -0.2) is 13.2 Å². The smallest absolute Gasteiger partial charge is 0.180 e. The third kappa shape index (κ3) is 2.94. The molecule has 2 N–H and O–H groups in total. The molecule has 0 aliphatic heterocycles. The van der Waals surface area contributed by atoms with Crippen LogP contribution >= 0.6 is 28.1 Å². The van der Waals surface area contributed by atoms with Crippen LogP contribution < -0.4 is 10.5 Å². The molecule has 0 bridgehead atoms. The molecule has 0 aliphatic rings. The number of rotatable bonds is 3. The van der Waals surface area contributed by atoms with E-state index in [4.69, 9.17) is 22.7 Å². The zero-order valence-electron chi connectivity index (χ0n) is 9.79. The molecule has 0 amide bonds. The first-order valence-electron chi connectivity index (χ1n) is 5.31. The molecule has 2 aromatic carbocycles. The van der Waals surface area contributed by atoms with E-state index in [0.29, 0.717) is 0 Å². The molecule has 2 rings (SSSR count). The van der Waals surface area contributed by atoms with Gasteiger partial charge < -0.3 is 10.5 Å². The van der Waals surface area contributed by atoms with Crippen LogP contribution in [-0.2, 0) is 0 Å². The normalized spacial score (nSPS) is 10.4. The van der Waals surface area contributed by atoms with Crippen molar-refractivity contribution in [3.8, 4) is 11.5 Å². The van der Waals surface area contributed by atoms with Crippen LogP contribution in [-0.4, -0.2) is 4.99 Å². The summed E-state index contributed by atoms with van der Waals surface area (Å²) in [5, 5.41) is 0. The fraction of sp³-hybridized carbons (Fsp3) is 0. The minimum atomic E-state index is -0.807. The summed E-state index contributed by atoms with van der Waals surface area (Å²) in [6.07, 6.45) is 0. The van der Waals surface area contributed by atoms with E-state index in [9.17, 15) is 13.2 Å². The van der Waals surface area contributed by atoms with Crippen LogP contribution in [0, 0.1) is 17.5 Å². The summed E-state index contributed by atoms with van der Waals surface area (Å²) in [6, 6.07) is 5.30. The average molecular weight is 362 g/mol. The van der Waals surface area contributed by atoms with E-state index < -0.39 is 23.2 Å². The van der Waals surface area contributed by atoms with Gasteiger partial charge in [0, 0.05) is 11.6 Å². The van der Waals surface area contributed by atoms with E-state index in [1.165, 1.54) is 12.1 Å². The molecule has 0 aliphatic carbocycles. The topological polar surface area (TPSA) is 35.2 Å². The first kappa shape index (κ1) is 14.8. The summed E-state index contributed by atoms with van der Waals surface area (Å²) in [4.78, 5) is -0.000684. The minimum Gasteiger partial charge on any atom is -0.451 e. The zero-order valence-corrected chi connectivity index (χ0v) is 12.2. The van der Waals surface area contributed by atoms with Crippen LogP contribution in [0.15, 0.2) is 34.8 Å². The van der Waals surface area contributed by atoms with E-state index in [1.54, 1.807) is 0 Å². The van der Waals surface area contributed by atoms with Crippen molar-refractivity contribution < 1.29 is 17.9 Å². The first-order chi connectivity index (χ1) is 9.40. The third-order valence-corrected chi connectivity index (χ3v) is 3.42. The van der Waals surface area contributed by atoms with Gasteiger partial charge in [-0.3, -0.25) is 0 Å². The lowest BCUT2D eigenvalue weighted by Gasteiger charge is -2.11. The Balaban J connectivity index is 2.42. The van der Waals surface area contributed by atoms with Crippen LogP contribution in [0.5, 0.6) is 11.5 Å². The van der Waals surface area contributed by atoms with Crippen molar-refractivity contribution in [1.82, 2.24) is 0 Å². The lowest BCUT2D eigenvalue weighted by molar-refractivity contribution is 0.409. The summed E-state index contributed by atoms with van der Waals surface area (Å²) in [5.41, 5.74) is 5.70. The predicted octanol–water partition coefficient (Wildman–Crippen LogP) is 4.29. The van der Waals surface area contributed by atoms with Crippen molar-refractivity contribution in [3.63, 3.8) is 0 Å². The van der Waals surface area contributed by atoms with E-state index in [1.807, 2.05) is 0 Å². The molecule has 0 saturated carbocycles. The summed E-state index contributed by atoms with van der Waals surface area (Å²) in [5.74, 6) is -3.00. The van der Waals surface area contributed by atoms with E-state index >= 15 is 0 Å². The standard InChI is InChI=1S/C13H7BrF3NOS/c14-11-7(13(18)20)2-4-9(12(11)17)19-10-5-6(15)1-3-8(10)16/h1-5H,(H2,18,20). The maximum absolute atomic E-state index is 14.0. The van der Waals surface area contributed by atoms with Gasteiger partial charge in [0.1, 0.15) is 10.8 Å². The summed E-state index contributed by atoms with van der Waals surface area (Å²) >= 11 is 7.74. The lowest BCUT2D eigenvalue weighted by atomic mass is 10.2. The highest BCUT2D eigenvalue weighted by molar-refractivity contribution is 9.10. The van der Waals surface area contributed by atoms with Crippen LogP contribution in [0.2, 0.25) is 0 Å². The highest BCUT2D eigenvalue weighted by Crippen LogP contribution is 2.33. The summed E-state index contributed by atoms with van der Waals surface area (Å²) < 4.78 is 45.5. The fourth-order valence-corrected chi connectivity index (χ4v) is 2.32. The van der Waals surface area contributed by atoms with Crippen LogP contribution in [0.25, 0.3) is 0 Å². The molecule has 0 heterocycles. The van der Waals surface area contributed by atoms with Crippen molar-refractivity contribution in [3.05, 3.63) is 57.8 Å². The van der Waals surface area contributed by atoms with Gasteiger partial charge in [-0.15, -0.1) is 0 Å². The average Bonchev–Trinajstić information content (AvgIpc) is 2.39. The first-order valence-corrected chi connectivity index (χ1v) is 6.51. The number of benzene rings is 2. The van der Waals surface area contributed by atoms with Crippen molar-refractivity contribution in [2.24, 2.45) is 5.73 Å². The van der Waals surface area contributed by atoms with Crippen molar-refractivity contribution in [2.45, 2.75) is 0 Å². The van der Waals surface area contributed by atoms with Gasteiger partial charge in [-0.2, -0.15) is 0 Å². The van der Waals surface area contributed by atoms with Gasteiger partial charge in [0.2, 0.25) is 0 Å². The number of hydrogen-bond acceptors (Lipinski definition) is 2. The van der Waals surface area contributed by atoms with Gasteiger partial charge in [0.25, 0.3) is 0 Å². The Bertz CT molecular complexity index is 694. The molecular formula is C13H7BrF3NOS. The number of nitrogens with two attached hydrogens (primary N) is 1. The molecule has 0 unspecified atom stereocenters. The molecule has 0 spiro atoms. The Kier molecular flexibility index (Phi) is 4.29. The Morgan fingerprint density at radius 2 is 1.80 bits per heavy atom. The molecule has 0 atom stereocenters. The highest BCUT2D eigenvalue weighted by atomic mass is 79.9. The number of thiocarbonyl (C=S) groups is 1. The van der Waals surface area contributed by atoms with Gasteiger partial charge in [-0.1, -0.05) is 12.2 Å². The van der Waals surface area contributed by atoms with E-state index in [-0.39, 0.29) is 20.8 Å². The summed E-state index contributed by atoms with van der Waals surface area (Å²) in [7, 11) is 0. The fourth-order valence-electron chi connectivity index (χ4n) is 1.47. The molecule has 0 radical (unpaired) electrons. The number of halogens is 4. The van der Waals surface area contributed by atoms with E-state index in [2.05, 4.69) is 15.9 Å². The van der Waals surface area contributed by atoms with Crippen molar-refractivity contribution >= 4 is 33.1 Å². The molecule has 7 heteroatoms. The monoisotopic (exact) mass is 361 g/mol. The van der Waals surface area contributed by atoms with Gasteiger partial charge >= 0.3 is 0 Å². The largest absolute Gasteiger partial charge is 0.451 e.